The second-order valence-electron chi connectivity index (χ2n) is 6.45. The molecule has 0 amide bonds. The normalized spacial score (nSPS) is 21.3. The summed E-state index contributed by atoms with van der Waals surface area (Å²) in [6.45, 7) is 4.71. The summed E-state index contributed by atoms with van der Waals surface area (Å²) in [4.78, 5) is 4.03. The average Bonchev–Trinajstić information content (AvgIpc) is 2.38. The molecule has 1 fully saturated rings. The maximum absolute atomic E-state index is 6.18. The molecule has 1 aliphatic carbocycles. The molecule has 4 heteroatoms. The number of nitrogens with zero attached hydrogens (tertiary/aromatic N) is 1. The Morgan fingerprint density at radius 1 is 1.47 bits per heavy atom. The van der Waals surface area contributed by atoms with Crippen LogP contribution in [0.2, 0.25) is 5.02 Å². The van der Waals surface area contributed by atoms with Gasteiger partial charge in [0.05, 0.1) is 5.02 Å². The van der Waals surface area contributed by atoms with Crippen molar-refractivity contribution in [3.63, 3.8) is 0 Å². The molecule has 1 heterocycles. The molecule has 2 rings (SSSR count). The molecule has 1 aromatic rings. The summed E-state index contributed by atoms with van der Waals surface area (Å²) in [6, 6.07) is 2.29. The van der Waals surface area contributed by atoms with Crippen molar-refractivity contribution >= 4 is 11.6 Å². The van der Waals surface area contributed by atoms with Crippen LogP contribution >= 0.6 is 11.6 Å². The molecule has 0 aliphatic heterocycles. The molecule has 1 aromatic heterocycles. The highest BCUT2D eigenvalue weighted by atomic mass is 35.5. The highest BCUT2D eigenvalue weighted by Gasteiger charge is 2.31. The van der Waals surface area contributed by atoms with Crippen molar-refractivity contribution in [3.05, 3.63) is 29.0 Å². The van der Waals surface area contributed by atoms with E-state index in [0.717, 1.165) is 17.0 Å². The highest BCUT2D eigenvalue weighted by Crippen LogP contribution is 2.39. The Kier molecular flexibility index (Phi) is 4.82. The van der Waals surface area contributed by atoms with Crippen LogP contribution in [0.4, 0.5) is 0 Å². The van der Waals surface area contributed by atoms with Gasteiger partial charge in [-0.1, -0.05) is 25.4 Å². The molecule has 0 aromatic carbocycles. The van der Waals surface area contributed by atoms with Gasteiger partial charge in [0.25, 0.3) is 0 Å². The maximum atomic E-state index is 6.18. The summed E-state index contributed by atoms with van der Waals surface area (Å²) in [5, 5.41) is 0.735. The molecule has 19 heavy (non-hydrogen) atoms. The van der Waals surface area contributed by atoms with Gasteiger partial charge in [-0.2, -0.15) is 0 Å². The average molecular weight is 282 g/mol. The van der Waals surface area contributed by atoms with E-state index in [-0.39, 0.29) is 0 Å². The molecule has 106 valence electrons. The summed E-state index contributed by atoms with van der Waals surface area (Å²) in [5.41, 5.74) is 4.61. The van der Waals surface area contributed by atoms with Gasteiger partial charge in [0.1, 0.15) is 0 Å². The first kappa shape index (κ1) is 14.8. The van der Waals surface area contributed by atoms with Gasteiger partial charge >= 0.3 is 0 Å². The number of pyridine rings is 1. The van der Waals surface area contributed by atoms with Crippen molar-refractivity contribution in [1.29, 1.82) is 0 Å². The topological polar surface area (TPSA) is 50.9 Å². The van der Waals surface area contributed by atoms with Gasteiger partial charge in [0, 0.05) is 18.4 Å². The smallest absolute Gasteiger partial charge is 0.0621 e. The van der Waals surface area contributed by atoms with E-state index in [9.17, 15) is 0 Å². The third kappa shape index (κ3) is 3.91. The second kappa shape index (κ2) is 6.21. The van der Waals surface area contributed by atoms with Crippen molar-refractivity contribution in [2.45, 2.75) is 52.0 Å². The fourth-order valence-corrected chi connectivity index (χ4v) is 3.19. The van der Waals surface area contributed by atoms with Crippen molar-refractivity contribution in [1.82, 2.24) is 10.4 Å². The number of rotatable bonds is 4. The van der Waals surface area contributed by atoms with Crippen LogP contribution in [0.1, 0.15) is 45.1 Å². The molecule has 0 spiro atoms. The van der Waals surface area contributed by atoms with Gasteiger partial charge in [-0.25, -0.2) is 0 Å². The van der Waals surface area contributed by atoms with Gasteiger partial charge in [-0.05, 0) is 55.1 Å². The molecule has 0 bridgehead atoms. The number of hydrogen-bond acceptors (Lipinski definition) is 3. The van der Waals surface area contributed by atoms with E-state index in [1.807, 2.05) is 6.07 Å². The van der Waals surface area contributed by atoms with Gasteiger partial charge in [0.2, 0.25) is 0 Å². The van der Waals surface area contributed by atoms with Gasteiger partial charge in [0.15, 0.2) is 0 Å². The van der Waals surface area contributed by atoms with E-state index in [1.165, 1.54) is 25.7 Å². The Hall–Kier alpha value is -0.640. The first-order valence-electron chi connectivity index (χ1n) is 7.06. The van der Waals surface area contributed by atoms with Crippen molar-refractivity contribution in [3.8, 4) is 0 Å². The molecule has 3 nitrogen and oxygen atoms in total. The predicted octanol–water partition coefficient (Wildman–Crippen LogP) is 3.33. The summed E-state index contributed by atoms with van der Waals surface area (Å²) in [6.07, 6.45) is 9.41. The number of nitrogens with one attached hydrogen (secondary N) is 1. The Balaban J connectivity index is 1.99. The van der Waals surface area contributed by atoms with Gasteiger partial charge in [-0.15, -0.1) is 0 Å². The molecular weight excluding hydrogens is 258 g/mol. The molecule has 1 saturated carbocycles. The summed E-state index contributed by atoms with van der Waals surface area (Å²) < 4.78 is 0. The number of aromatic nitrogens is 1. The lowest BCUT2D eigenvalue weighted by atomic mass is 9.70. The number of hydrazine groups is 1. The molecule has 3 N–H and O–H groups in total. The van der Waals surface area contributed by atoms with Crippen LogP contribution in [0.5, 0.6) is 0 Å². The third-order valence-electron chi connectivity index (χ3n) is 4.46. The molecule has 1 unspecified atom stereocenters. The predicted molar refractivity (Wildman–Crippen MR) is 79.8 cm³/mol. The van der Waals surface area contributed by atoms with E-state index >= 15 is 0 Å². The summed E-state index contributed by atoms with van der Waals surface area (Å²) >= 11 is 6.18. The number of hydrogen-bond donors (Lipinski definition) is 2. The van der Waals surface area contributed by atoms with Crippen molar-refractivity contribution < 1.29 is 0 Å². The highest BCUT2D eigenvalue weighted by molar-refractivity contribution is 6.31. The Labute approximate surface area is 120 Å². The Bertz CT molecular complexity index is 410. The van der Waals surface area contributed by atoms with Crippen molar-refractivity contribution in [2.24, 2.45) is 17.2 Å². The van der Waals surface area contributed by atoms with E-state index in [1.54, 1.807) is 12.4 Å². The lowest BCUT2D eigenvalue weighted by Crippen LogP contribution is -2.44. The molecule has 0 saturated heterocycles. The second-order valence-corrected chi connectivity index (χ2v) is 6.85. The SMILES string of the molecule is CC1(C)CCC(C(Cc2ccncc2Cl)NN)CC1. The molecule has 0 radical (unpaired) electrons. The standard InChI is InChI=1S/C15H24ClN3/c1-15(2)6-3-11(4-7-15)14(19-17)9-12-5-8-18-10-13(12)16/h5,8,10-11,14,19H,3-4,6-7,9,17H2,1-2H3. The number of halogens is 1. The summed E-state index contributed by atoms with van der Waals surface area (Å²) in [7, 11) is 0. The fraction of sp³-hybridized carbons (Fsp3) is 0.667. The van der Waals surface area contributed by atoms with Crippen LogP contribution in [-0.2, 0) is 6.42 Å². The number of nitrogens with two attached hydrogens (primary N) is 1. The maximum Gasteiger partial charge on any atom is 0.0621 e. The quantitative estimate of drug-likeness (QED) is 0.657. The lowest BCUT2D eigenvalue weighted by molar-refractivity contribution is 0.161. The van der Waals surface area contributed by atoms with Crippen LogP contribution < -0.4 is 11.3 Å². The van der Waals surface area contributed by atoms with Gasteiger partial charge in [-0.3, -0.25) is 16.3 Å². The summed E-state index contributed by atoms with van der Waals surface area (Å²) in [5.74, 6) is 6.40. The van der Waals surface area contributed by atoms with E-state index in [2.05, 4.69) is 24.3 Å². The van der Waals surface area contributed by atoms with Gasteiger partial charge < -0.3 is 0 Å². The third-order valence-corrected chi connectivity index (χ3v) is 4.80. The minimum Gasteiger partial charge on any atom is -0.271 e. The molecule has 1 aliphatic rings. The van der Waals surface area contributed by atoms with Crippen LogP contribution in [0, 0.1) is 11.3 Å². The van der Waals surface area contributed by atoms with Crippen LogP contribution in [-0.4, -0.2) is 11.0 Å². The Morgan fingerprint density at radius 2 is 2.16 bits per heavy atom. The zero-order chi connectivity index (χ0) is 13.9. The fourth-order valence-electron chi connectivity index (χ4n) is 2.99. The first-order chi connectivity index (χ1) is 9.02. The molecular formula is C15H24ClN3. The largest absolute Gasteiger partial charge is 0.271 e. The monoisotopic (exact) mass is 281 g/mol. The zero-order valence-corrected chi connectivity index (χ0v) is 12.6. The van der Waals surface area contributed by atoms with Crippen LogP contribution in [0.3, 0.4) is 0 Å². The van der Waals surface area contributed by atoms with E-state index in [4.69, 9.17) is 17.4 Å². The van der Waals surface area contributed by atoms with E-state index < -0.39 is 0 Å². The minimum atomic E-state index is 0.302. The first-order valence-corrected chi connectivity index (χ1v) is 7.44. The zero-order valence-electron chi connectivity index (χ0n) is 11.8. The molecule has 1 atom stereocenters. The lowest BCUT2D eigenvalue weighted by Gasteiger charge is -2.38. The van der Waals surface area contributed by atoms with E-state index in [0.29, 0.717) is 17.4 Å². The minimum absolute atomic E-state index is 0.302. The Morgan fingerprint density at radius 3 is 2.74 bits per heavy atom. The van der Waals surface area contributed by atoms with Crippen molar-refractivity contribution in [2.75, 3.05) is 0 Å². The van der Waals surface area contributed by atoms with Crippen LogP contribution in [0.15, 0.2) is 18.5 Å². The van der Waals surface area contributed by atoms with Crippen LogP contribution in [0.25, 0.3) is 0 Å².